The lowest BCUT2D eigenvalue weighted by molar-refractivity contribution is 0.112. The van der Waals surface area contributed by atoms with Crippen LogP contribution < -0.4 is 4.74 Å². The fraction of sp³-hybridized carbons (Fsp3) is 0. The fourth-order valence-corrected chi connectivity index (χ4v) is 2.25. The van der Waals surface area contributed by atoms with Gasteiger partial charge in [0.15, 0.2) is 0 Å². The van der Waals surface area contributed by atoms with E-state index < -0.39 is 5.82 Å². The Kier molecular flexibility index (Phi) is 4.45. The predicted octanol–water partition coefficient (Wildman–Crippen LogP) is 5.50. The monoisotopic (exact) mass is 362 g/mol. The van der Waals surface area contributed by atoms with Crippen molar-refractivity contribution >= 4 is 45.4 Å². The average molecular weight is 364 g/mol. The van der Waals surface area contributed by atoms with Gasteiger partial charge in [-0.25, -0.2) is 4.39 Å². The van der Waals surface area contributed by atoms with E-state index in [0.717, 1.165) is 12.1 Å². The van der Waals surface area contributed by atoms with Gasteiger partial charge in [-0.2, -0.15) is 0 Å². The molecule has 0 atom stereocenters. The molecule has 0 N–H and O–H groups in total. The van der Waals surface area contributed by atoms with Gasteiger partial charge in [-0.15, -0.1) is 0 Å². The minimum Gasteiger partial charge on any atom is -0.456 e. The van der Waals surface area contributed by atoms with Gasteiger partial charge in [0.25, 0.3) is 0 Å². The maximum Gasteiger partial charge on any atom is 0.150 e. The van der Waals surface area contributed by atoms with Crippen LogP contribution >= 0.6 is 39.1 Å². The van der Waals surface area contributed by atoms with Gasteiger partial charge in [0.1, 0.15) is 23.6 Å². The topological polar surface area (TPSA) is 26.3 Å². The van der Waals surface area contributed by atoms with Crippen LogP contribution in [0.5, 0.6) is 11.5 Å². The molecule has 0 radical (unpaired) electrons. The highest BCUT2D eigenvalue weighted by molar-refractivity contribution is 9.10. The van der Waals surface area contributed by atoms with Crippen LogP contribution in [-0.4, -0.2) is 6.29 Å². The molecule has 2 aromatic carbocycles. The Balaban J connectivity index is 2.38. The summed E-state index contributed by atoms with van der Waals surface area (Å²) in [4.78, 5) is 10.7. The van der Waals surface area contributed by atoms with E-state index in [0.29, 0.717) is 20.8 Å². The Morgan fingerprint density at radius 1 is 1.11 bits per heavy atom. The number of carbonyl (C=O) groups is 1. The van der Waals surface area contributed by atoms with Crippen molar-refractivity contribution in [2.75, 3.05) is 0 Å². The molecule has 0 saturated carbocycles. The van der Waals surface area contributed by atoms with Crippen LogP contribution in [0.4, 0.5) is 4.39 Å². The number of ether oxygens (including phenoxy) is 1. The van der Waals surface area contributed by atoms with Crippen molar-refractivity contribution in [2.45, 2.75) is 0 Å². The number of rotatable bonds is 3. The number of halogens is 4. The van der Waals surface area contributed by atoms with Crippen molar-refractivity contribution in [1.29, 1.82) is 0 Å². The molecule has 0 aliphatic carbocycles. The smallest absolute Gasteiger partial charge is 0.150 e. The van der Waals surface area contributed by atoms with Gasteiger partial charge in [-0.3, -0.25) is 4.79 Å². The lowest BCUT2D eigenvalue weighted by atomic mass is 10.2. The Morgan fingerprint density at radius 2 is 1.84 bits per heavy atom. The summed E-state index contributed by atoms with van der Waals surface area (Å²) in [5, 5.41) is 0.722. The molecule has 0 aliphatic rings. The van der Waals surface area contributed by atoms with Crippen molar-refractivity contribution in [3.63, 3.8) is 0 Å². The molecule has 0 fully saturated rings. The molecular weight excluding hydrogens is 358 g/mol. The molecule has 2 nitrogen and oxygen atoms in total. The van der Waals surface area contributed by atoms with Gasteiger partial charge in [-0.1, -0.05) is 23.2 Å². The number of carbonyl (C=O) groups excluding carboxylic acids is 1. The highest BCUT2D eigenvalue weighted by atomic mass is 79.9. The van der Waals surface area contributed by atoms with Crippen LogP contribution in [0.15, 0.2) is 34.8 Å². The normalized spacial score (nSPS) is 10.3. The molecule has 0 saturated heterocycles. The van der Waals surface area contributed by atoms with E-state index in [2.05, 4.69) is 15.9 Å². The van der Waals surface area contributed by atoms with Crippen molar-refractivity contribution in [3.05, 3.63) is 56.2 Å². The van der Waals surface area contributed by atoms with Crippen LogP contribution in [-0.2, 0) is 0 Å². The second-order valence-electron chi connectivity index (χ2n) is 3.64. The summed E-state index contributed by atoms with van der Waals surface area (Å²) in [6.45, 7) is 0. The van der Waals surface area contributed by atoms with Crippen LogP contribution in [0.3, 0.4) is 0 Å². The average Bonchev–Trinajstić information content (AvgIpc) is 2.35. The third-order valence-corrected chi connectivity index (χ3v) is 3.72. The second-order valence-corrected chi connectivity index (χ2v) is 5.31. The van der Waals surface area contributed by atoms with Crippen molar-refractivity contribution < 1.29 is 13.9 Å². The van der Waals surface area contributed by atoms with Gasteiger partial charge in [-0.05, 0) is 34.1 Å². The SMILES string of the molecule is O=Cc1cc(F)cc(Oc2cc(Cl)c(Br)cc2Cl)c1. The van der Waals surface area contributed by atoms with Crippen LogP contribution in [0.25, 0.3) is 0 Å². The maximum absolute atomic E-state index is 13.3. The highest BCUT2D eigenvalue weighted by Crippen LogP contribution is 2.36. The van der Waals surface area contributed by atoms with E-state index in [-0.39, 0.29) is 17.1 Å². The quantitative estimate of drug-likeness (QED) is 0.531. The van der Waals surface area contributed by atoms with E-state index in [1.54, 1.807) is 6.07 Å². The minimum atomic E-state index is -0.570. The fourth-order valence-electron chi connectivity index (χ4n) is 1.42. The first-order chi connectivity index (χ1) is 8.99. The molecule has 0 unspecified atom stereocenters. The first-order valence-corrected chi connectivity index (χ1v) is 6.62. The Bertz CT molecular complexity index is 647. The van der Waals surface area contributed by atoms with Gasteiger partial charge < -0.3 is 4.74 Å². The standard InChI is InChI=1S/C13H6BrCl2FO2/c14-10-4-12(16)13(5-11(10)15)19-9-2-7(6-18)1-8(17)3-9/h1-6H. The molecular formula is C13H6BrCl2FO2. The van der Waals surface area contributed by atoms with Crippen molar-refractivity contribution in [2.24, 2.45) is 0 Å². The molecule has 19 heavy (non-hydrogen) atoms. The number of hydrogen-bond donors (Lipinski definition) is 0. The number of aldehydes is 1. The molecule has 2 rings (SSSR count). The summed E-state index contributed by atoms with van der Waals surface area (Å²) in [5.41, 5.74) is 0.175. The zero-order valence-electron chi connectivity index (χ0n) is 9.29. The molecule has 6 heteroatoms. The molecule has 0 amide bonds. The molecule has 0 aromatic heterocycles. The van der Waals surface area contributed by atoms with E-state index in [1.165, 1.54) is 12.1 Å². The van der Waals surface area contributed by atoms with Crippen LogP contribution in [0, 0.1) is 5.82 Å². The highest BCUT2D eigenvalue weighted by Gasteiger charge is 2.09. The van der Waals surface area contributed by atoms with Gasteiger partial charge >= 0.3 is 0 Å². The number of hydrogen-bond acceptors (Lipinski definition) is 2. The second kappa shape index (κ2) is 5.90. The Labute approximate surface area is 127 Å². The van der Waals surface area contributed by atoms with E-state index in [9.17, 15) is 9.18 Å². The van der Waals surface area contributed by atoms with Crippen molar-refractivity contribution in [3.8, 4) is 11.5 Å². The first kappa shape index (κ1) is 14.3. The Hall–Kier alpha value is -1.10. The third-order valence-electron chi connectivity index (χ3n) is 2.23. The van der Waals surface area contributed by atoms with Crippen LogP contribution in [0.1, 0.15) is 10.4 Å². The Morgan fingerprint density at radius 3 is 2.53 bits per heavy atom. The molecule has 2 aromatic rings. The summed E-state index contributed by atoms with van der Waals surface area (Å²) in [7, 11) is 0. The molecule has 0 spiro atoms. The van der Waals surface area contributed by atoms with E-state index >= 15 is 0 Å². The summed E-state index contributed by atoms with van der Waals surface area (Å²) < 4.78 is 19.3. The lowest BCUT2D eigenvalue weighted by Gasteiger charge is -2.09. The largest absolute Gasteiger partial charge is 0.456 e. The minimum absolute atomic E-state index is 0.169. The zero-order valence-corrected chi connectivity index (χ0v) is 12.4. The predicted molar refractivity (Wildman–Crippen MR) is 76.0 cm³/mol. The molecule has 0 bridgehead atoms. The zero-order chi connectivity index (χ0) is 14.0. The summed E-state index contributed by atoms with van der Waals surface area (Å²) in [6, 6.07) is 6.73. The maximum atomic E-state index is 13.3. The summed E-state index contributed by atoms with van der Waals surface area (Å²) in [5.74, 6) is -0.126. The summed E-state index contributed by atoms with van der Waals surface area (Å²) >= 11 is 15.1. The first-order valence-electron chi connectivity index (χ1n) is 5.08. The van der Waals surface area contributed by atoms with Crippen LogP contribution in [0.2, 0.25) is 10.0 Å². The molecule has 0 heterocycles. The number of benzene rings is 2. The summed E-state index contributed by atoms with van der Waals surface area (Å²) in [6.07, 6.45) is 0.534. The lowest BCUT2D eigenvalue weighted by Crippen LogP contribution is -1.90. The van der Waals surface area contributed by atoms with Gasteiger partial charge in [0.2, 0.25) is 0 Å². The third kappa shape index (κ3) is 3.47. The molecule has 98 valence electrons. The van der Waals surface area contributed by atoms with E-state index in [4.69, 9.17) is 27.9 Å². The van der Waals surface area contributed by atoms with Crippen molar-refractivity contribution in [1.82, 2.24) is 0 Å². The molecule has 0 aliphatic heterocycles. The van der Waals surface area contributed by atoms with E-state index in [1.807, 2.05) is 0 Å². The van der Waals surface area contributed by atoms with Gasteiger partial charge in [0.05, 0.1) is 10.0 Å². The van der Waals surface area contributed by atoms with Gasteiger partial charge in [0, 0.05) is 22.2 Å².